The van der Waals surface area contributed by atoms with Crippen molar-refractivity contribution in [2.24, 2.45) is 0 Å². The Kier molecular flexibility index (Phi) is 6.67. The number of nitro benzene ring substituents is 1. The molecule has 0 radical (unpaired) electrons. The molecule has 144 valence electrons. The van der Waals surface area contributed by atoms with E-state index >= 15 is 0 Å². The maximum absolute atomic E-state index is 10.9. The summed E-state index contributed by atoms with van der Waals surface area (Å²) in [6.07, 6.45) is -0.281. The predicted octanol–water partition coefficient (Wildman–Crippen LogP) is 6.29. The highest BCUT2D eigenvalue weighted by molar-refractivity contribution is 9.10. The zero-order valence-electron chi connectivity index (χ0n) is 14.8. The molecular weight excluding hydrogens is 444 g/mol. The van der Waals surface area contributed by atoms with E-state index in [0.29, 0.717) is 11.4 Å². The fraction of sp³-hybridized carbons (Fsp3) is 0.143. The highest BCUT2D eigenvalue weighted by Gasteiger charge is 2.18. The van der Waals surface area contributed by atoms with Gasteiger partial charge in [-0.05, 0) is 47.5 Å². The van der Waals surface area contributed by atoms with Gasteiger partial charge in [0.2, 0.25) is 0 Å². The average molecular weight is 462 g/mol. The highest BCUT2D eigenvalue weighted by Crippen LogP contribution is 2.31. The van der Waals surface area contributed by atoms with Crippen LogP contribution in [0.5, 0.6) is 0 Å². The third kappa shape index (κ3) is 5.32. The number of hydrogen-bond acceptors (Lipinski definition) is 4. The number of nitrogens with one attached hydrogen (secondary N) is 1. The van der Waals surface area contributed by atoms with Crippen LogP contribution in [0.2, 0.25) is 5.02 Å². The fourth-order valence-electron chi connectivity index (χ4n) is 2.90. The minimum absolute atomic E-state index is 0.0342. The van der Waals surface area contributed by atoms with Gasteiger partial charge in [0.1, 0.15) is 0 Å². The van der Waals surface area contributed by atoms with Gasteiger partial charge in [-0.3, -0.25) is 10.1 Å². The number of rotatable bonds is 7. The number of halogens is 2. The van der Waals surface area contributed by atoms with E-state index < -0.39 is 11.0 Å². The molecule has 0 aliphatic carbocycles. The lowest BCUT2D eigenvalue weighted by molar-refractivity contribution is -0.384. The van der Waals surface area contributed by atoms with Crippen LogP contribution in [0.1, 0.15) is 29.7 Å². The molecule has 2 atom stereocenters. The van der Waals surface area contributed by atoms with Gasteiger partial charge >= 0.3 is 0 Å². The topological polar surface area (TPSA) is 75.4 Å². The number of non-ortho nitro benzene ring substituents is 1. The number of aliphatic hydroxyl groups is 1. The van der Waals surface area contributed by atoms with Crippen LogP contribution < -0.4 is 5.32 Å². The summed E-state index contributed by atoms with van der Waals surface area (Å²) in [5.41, 5.74) is 2.54. The first-order chi connectivity index (χ1) is 13.4. The van der Waals surface area contributed by atoms with Crippen LogP contribution in [0.15, 0.2) is 77.3 Å². The summed E-state index contributed by atoms with van der Waals surface area (Å²) in [7, 11) is 0. The Labute approximate surface area is 176 Å². The van der Waals surface area contributed by atoms with Crippen molar-refractivity contribution in [3.05, 3.63) is 104 Å². The normalized spacial score (nSPS) is 13.0. The number of benzene rings is 3. The molecule has 0 heterocycles. The van der Waals surface area contributed by atoms with E-state index in [1.165, 1.54) is 12.1 Å². The molecule has 0 aliphatic rings. The standard InChI is InChI=1S/C21H18BrClN2O3/c22-16-5-1-14(2-6-16)20(13-21(26)15-3-7-17(23)8-4-15)24-18-9-11-19(12-10-18)25(27)28/h1-12,20-21,24,26H,13H2. The quantitative estimate of drug-likeness (QED) is 0.320. The monoisotopic (exact) mass is 460 g/mol. The lowest BCUT2D eigenvalue weighted by Gasteiger charge is -2.23. The van der Waals surface area contributed by atoms with E-state index in [1.807, 2.05) is 24.3 Å². The second-order valence-electron chi connectivity index (χ2n) is 6.36. The van der Waals surface area contributed by atoms with Gasteiger partial charge in [-0.25, -0.2) is 0 Å². The molecule has 0 saturated heterocycles. The van der Waals surface area contributed by atoms with E-state index in [-0.39, 0.29) is 11.7 Å². The van der Waals surface area contributed by atoms with Gasteiger partial charge in [0.25, 0.3) is 5.69 Å². The Morgan fingerprint density at radius 1 is 0.964 bits per heavy atom. The summed E-state index contributed by atoms with van der Waals surface area (Å²) < 4.78 is 0.962. The van der Waals surface area contributed by atoms with Gasteiger partial charge in [0, 0.05) is 33.7 Å². The Morgan fingerprint density at radius 3 is 2.11 bits per heavy atom. The molecule has 0 aliphatic heterocycles. The van der Waals surface area contributed by atoms with Crippen LogP contribution in [-0.2, 0) is 0 Å². The van der Waals surface area contributed by atoms with Gasteiger partial charge in [0.15, 0.2) is 0 Å². The molecule has 0 spiro atoms. The van der Waals surface area contributed by atoms with Crippen LogP contribution in [0.4, 0.5) is 11.4 Å². The maximum atomic E-state index is 10.9. The minimum Gasteiger partial charge on any atom is -0.388 e. The fourth-order valence-corrected chi connectivity index (χ4v) is 3.29. The van der Waals surface area contributed by atoms with Gasteiger partial charge in [-0.2, -0.15) is 0 Å². The summed E-state index contributed by atoms with van der Waals surface area (Å²) in [4.78, 5) is 10.4. The second kappa shape index (κ2) is 9.19. The lowest BCUT2D eigenvalue weighted by atomic mass is 9.96. The Balaban J connectivity index is 1.83. The van der Waals surface area contributed by atoms with Crippen molar-refractivity contribution in [1.82, 2.24) is 0 Å². The number of nitro groups is 1. The minimum atomic E-state index is -0.698. The molecule has 0 aromatic heterocycles. The van der Waals surface area contributed by atoms with Gasteiger partial charge < -0.3 is 10.4 Å². The number of hydrogen-bond donors (Lipinski definition) is 2. The van der Waals surface area contributed by atoms with Crippen LogP contribution in [0, 0.1) is 10.1 Å². The van der Waals surface area contributed by atoms with E-state index in [9.17, 15) is 15.2 Å². The Morgan fingerprint density at radius 2 is 1.54 bits per heavy atom. The van der Waals surface area contributed by atoms with E-state index in [1.54, 1.807) is 36.4 Å². The molecule has 28 heavy (non-hydrogen) atoms. The molecule has 3 aromatic carbocycles. The Bertz CT molecular complexity index is 931. The molecule has 2 N–H and O–H groups in total. The van der Waals surface area contributed by atoms with Crippen molar-refractivity contribution >= 4 is 38.9 Å². The number of anilines is 1. The molecule has 0 amide bonds. The zero-order valence-corrected chi connectivity index (χ0v) is 17.1. The van der Waals surface area contributed by atoms with Crippen LogP contribution in [-0.4, -0.2) is 10.0 Å². The number of nitrogens with zero attached hydrogens (tertiary/aromatic N) is 1. The third-order valence-corrected chi connectivity index (χ3v) is 5.19. The van der Waals surface area contributed by atoms with Crippen molar-refractivity contribution in [3.8, 4) is 0 Å². The Hall–Kier alpha value is -2.41. The number of aliphatic hydroxyl groups excluding tert-OH is 1. The molecule has 0 fully saturated rings. The van der Waals surface area contributed by atoms with E-state index in [4.69, 9.17) is 11.6 Å². The highest BCUT2D eigenvalue weighted by atomic mass is 79.9. The molecule has 0 bridgehead atoms. The van der Waals surface area contributed by atoms with E-state index in [2.05, 4.69) is 21.2 Å². The van der Waals surface area contributed by atoms with Crippen LogP contribution >= 0.6 is 27.5 Å². The molecule has 3 aromatic rings. The molecule has 2 unspecified atom stereocenters. The molecule has 0 saturated carbocycles. The molecular formula is C21H18BrClN2O3. The smallest absolute Gasteiger partial charge is 0.269 e. The maximum Gasteiger partial charge on any atom is 0.269 e. The van der Waals surface area contributed by atoms with Crippen molar-refractivity contribution in [3.63, 3.8) is 0 Å². The van der Waals surface area contributed by atoms with Gasteiger partial charge in [-0.1, -0.05) is 51.8 Å². The third-order valence-electron chi connectivity index (χ3n) is 4.41. The SMILES string of the molecule is O=[N+]([O-])c1ccc(NC(CC(O)c2ccc(Cl)cc2)c2ccc(Br)cc2)cc1. The molecule has 3 rings (SSSR count). The van der Waals surface area contributed by atoms with Crippen LogP contribution in [0.3, 0.4) is 0 Å². The van der Waals surface area contributed by atoms with Crippen molar-refractivity contribution < 1.29 is 10.0 Å². The average Bonchev–Trinajstić information content (AvgIpc) is 2.69. The summed E-state index contributed by atoms with van der Waals surface area (Å²) in [5.74, 6) is 0. The van der Waals surface area contributed by atoms with Crippen molar-refractivity contribution in [2.75, 3.05) is 5.32 Å². The predicted molar refractivity (Wildman–Crippen MR) is 115 cm³/mol. The van der Waals surface area contributed by atoms with Crippen molar-refractivity contribution in [2.45, 2.75) is 18.6 Å². The zero-order chi connectivity index (χ0) is 20.1. The van der Waals surface area contributed by atoms with Crippen LogP contribution in [0.25, 0.3) is 0 Å². The second-order valence-corrected chi connectivity index (χ2v) is 7.71. The molecule has 7 heteroatoms. The largest absolute Gasteiger partial charge is 0.388 e. The first kappa shape index (κ1) is 20.3. The lowest BCUT2D eigenvalue weighted by Crippen LogP contribution is -2.15. The van der Waals surface area contributed by atoms with Gasteiger partial charge in [-0.15, -0.1) is 0 Å². The first-order valence-corrected chi connectivity index (χ1v) is 9.79. The van der Waals surface area contributed by atoms with Gasteiger partial charge in [0.05, 0.1) is 17.1 Å². The summed E-state index contributed by atoms with van der Waals surface area (Å²) in [6.45, 7) is 0. The van der Waals surface area contributed by atoms with E-state index in [0.717, 1.165) is 21.3 Å². The van der Waals surface area contributed by atoms with Crippen molar-refractivity contribution in [1.29, 1.82) is 0 Å². The first-order valence-electron chi connectivity index (χ1n) is 8.62. The molecule has 5 nitrogen and oxygen atoms in total. The summed E-state index contributed by atoms with van der Waals surface area (Å²) in [6, 6.07) is 21.0. The summed E-state index contributed by atoms with van der Waals surface area (Å²) >= 11 is 9.36. The summed E-state index contributed by atoms with van der Waals surface area (Å²) in [5, 5.41) is 25.5.